The third-order valence-electron chi connectivity index (χ3n) is 2.90. The van der Waals surface area contributed by atoms with E-state index in [2.05, 4.69) is 43.1 Å². The normalized spacial score (nSPS) is 13.2. The van der Waals surface area contributed by atoms with Gasteiger partial charge in [0.1, 0.15) is 12.2 Å². The summed E-state index contributed by atoms with van der Waals surface area (Å²) >= 11 is 0. The number of aromatic nitrogens is 3. The van der Waals surface area contributed by atoms with Gasteiger partial charge in [-0.2, -0.15) is 5.10 Å². The van der Waals surface area contributed by atoms with Crippen molar-refractivity contribution in [3.63, 3.8) is 0 Å². The Hall–Kier alpha value is -0.900. The molecule has 1 atom stereocenters. The van der Waals surface area contributed by atoms with Crippen molar-refractivity contribution in [1.29, 1.82) is 0 Å². The molecule has 1 N–H and O–H groups in total. The Morgan fingerprint density at radius 1 is 1.29 bits per heavy atom. The van der Waals surface area contributed by atoms with Crippen LogP contribution < -0.4 is 5.32 Å². The van der Waals surface area contributed by atoms with Crippen LogP contribution in [0.4, 0.5) is 0 Å². The van der Waals surface area contributed by atoms with Crippen LogP contribution in [0.3, 0.4) is 0 Å². The lowest BCUT2D eigenvalue weighted by Crippen LogP contribution is -2.25. The van der Waals surface area contributed by atoms with Gasteiger partial charge in [-0.25, -0.2) is 4.98 Å². The summed E-state index contributed by atoms with van der Waals surface area (Å²) < 4.78 is 1.98. The molecule has 0 fully saturated rings. The van der Waals surface area contributed by atoms with Gasteiger partial charge in [-0.3, -0.25) is 4.68 Å². The van der Waals surface area contributed by atoms with Crippen LogP contribution >= 0.6 is 0 Å². The van der Waals surface area contributed by atoms with Crippen LogP contribution in [0.5, 0.6) is 0 Å². The van der Waals surface area contributed by atoms with Gasteiger partial charge in [-0.1, -0.05) is 20.8 Å². The molecule has 0 aliphatic carbocycles. The van der Waals surface area contributed by atoms with Gasteiger partial charge in [0.2, 0.25) is 0 Å². The van der Waals surface area contributed by atoms with E-state index in [1.807, 2.05) is 4.68 Å². The van der Waals surface area contributed by atoms with Gasteiger partial charge in [-0.15, -0.1) is 0 Å². The summed E-state index contributed by atoms with van der Waals surface area (Å²) in [4.78, 5) is 4.30. The lowest BCUT2D eigenvalue weighted by molar-refractivity contribution is 0.446. The molecular weight excluding hydrogens is 212 g/mol. The average Bonchev–Trinajstić information content (AvgIpc) is 2.73. The molecule has 1 rings (SSSR count). The van der Waals surface area contributed by atoms with E-state index in [1.54, 1.807) is 6.33 Å². The standard InChI is InChI=1S/C13H26N4/c1-5-17-13(15-10-16-17)7-6-12(4)9-14-8-11(2)3/h10-12,14H,5-9H2,1-4H3. The molecule has 0 radical (unpaired) electrons. The second kappa shape index (κ2) is 7.43. The van der Waals surface area contributed by atoms with Crippen molar-refractivity contribution in [1.82, 2.24) is 20.1 Å². The third kappa shape index (κ3) is 5.31. The first-order valence-electron chi connectivity index (χ1n) is 6.70. The second-order valence-corrected chi connectivity index (χ2v) is 5.19. The van der Waals surface area contributed by atoms with Crippen LogP contribution in [0, 0.1) is 11.8 Å². The van der Waals surface area contributed by atoms with Gasteiger partial charge in [-0.05, 0) is 38.3 Å². The third-order valence-corrected chi connectivity index (χ3v) is 2.90. The van der Waals surface area contributed by atoms with Crippen molar-refractivity contribution in [2.24, 2.45) is 11.8 Å². The lowest BCUT2D eigenvalue weighted by Gasteiger charge is -2.13. The molecule has 0 aromatic carbocycles. The van der Waals surface area contributed by atoms with E-state index >= 15 is 0 Å². The first kappa shape index (κ1) is 14.2. The van der Waals surface area contributed by atoms with Crippen molar-refractivity contribution in [2.75, 3.05) is 13.1 Å². The molecule has 98 valence electrons. The van der Waals surface area contributed by atoms with E-state index in [1.165, 1.54) is 6.42 Å². The van der Waals surface area contributed by atoms with Crippen molar-refractivity contribution in [3.05, 3.63) is 12.2 Å². The molecule has 0 saturated heterocycles. The first-order chi connectivity index (χ1) is 8.13. The molecule has 17 heavy (non-hydrogen) atoms. The van der Waals surface area contributed by atoms with Gasteiger partial charge in [0, 0.05) is 13.0 Å². The van der Waals surface area contributed by atoms with Crippen LogP contribution in [0.2, 0.25) is 0 Å². The van der Waals surface area contributed by atoms with Gasteiger partial charge >= 0.3 is 0 Å². The topological polar surface area (TPSA) is 42.7 Å². The zero-order valence-corrected chi connectivity index (χ0v) is 11.6. The van der Waals surface area contributed by atoms with Crippen LogP contribution in [0.15, 0.2) is 6.33 Å². The smallest absolute Gasteiger partial charge is 0.138 e. The lowest BCUT2D eigenvalue weighted by atomic mass is 10.1. The molecule has 0 aliphatic rings. The highest BCUT2D eigenvalue weighted by atomic mass is 15.3. The fraction of sp³-hybridized carbons (Fsp3) is 0.846. The van der Waals surface area contributed by atoms with Gasteiger partial charge in [0.15, 0.2) is 0 Å². The SMILES string of the molecule is CCn1ncnc1CCC(C)CNCC(C)C. The summed E-state index contributed by atoms with van der Waals surface area (Å²) in [5.74, 6) is 2.53. The number of hydrogen-bond acceptors (Lipinski definition) is 3. The highest BCUT2D eigenvalue weighted by Gasteiger charge is 2.07. The number of aryl methyl sites for hydroxylation is 2. The van der Waals surface area contributed by atoms with Gasteiger partial charge in [0.05, 0.1) is 0 Å². The highest BCUT2D eigenvalue weighted by molar-refractivity contribution is 4.85. The Labute approximate surface area is 105 Å². The Bertz CT molecular complexity index is 306. The minimum Gasteiger partial charge on any atom is -0.316 e. The maximum Gasteiger partial charge on any atom is 0.138 e. The minimum absolute atomic E-state index is 0.691. The second-order valence-electron chi connectivity index (χ2n) is 5.19. The molecule has 0 saturated carbocycles. The van der Waals surface area contributed by atoms with Crippen LogP contribution in [0.25, 0.3) is 0 Å². The minimum atomic E-state index is 0.691. The predicted octanol–water partition coefficient (Wildman–Crippen LogP) is 2.11. The molecular formula is C13H26N4. The fourth-order valence-corrected chi connectivity index (χ4v) is 1.84. The monoisotopic (exact) mass is 238 g/mol. The van der Waals surface area contributed by atoms with Crippen molar-refractivity contribution < 1.29 is 0 Å². The summed E-state index contributed by atoms with van der Waals surface area (Å²) in [6.07, 6.45) is 3.85. The molecule has 0 amide bonds. The molecule has 0 aliphatic heterocycles. The Balaban J connectivity index is 2.21. The van der Waals surface area contributed by atoms with Gasteiger partial charge in [0.25, 0.3) is 0 Å². The van der Waals surface area contributed by atoms with Crippen molar-refractivity contribution >= 4 is 0 Å². The molecule has 1 heterocycles. The largest absolute Gasteiger partial charge is 0.316 e. The quantitative estimate of drug-likeness (QED) is 0.754. The van der Waals surface area contributed by atoms with E-state index in [4.69, 9.17) is 0 Å². The highest BCUT2D eigenvalue weighted by Crippen LogP contribution is 2.07. The summed E-state index contributed by atoms with van der Waals surface area (Å²) in [6.45, 7) is 12.0. The maximum atomic E-state index is 4.30. The van der Waals surface area contributed by atoms with Crippen LogP contribution in [-0.4, -0.2) is 27.9 Å². The molecule has 1 aromatic heterocycles. The summed E-state index contributed by atoms with van der Waals surface area (Å²) in [7, 11) is 0. The van der Waals surface area contributed by atoms with Crippen LogP contribution in [0.1, 0.15) is 39.9 Å². The maximum absolute atomic E-state index is 4.30. The van der Waals surface area contributed by atoms with Gasteiger partial charge < -0.3 is 5.32 Å². The average molecular weight is 238 g/mol. The van der Waals surface area contributed by atoms with E-state index in [0.29, 0.717) is 5.92 Å². The molecule has 0 bridgehead atoms. The summed E-state index contributed by atoms with van der Waals surface area (Å²) in [5, 5.41) is 7.69. The number of nitrogens with zero attached hydrogens (tertiary/aromatic N) is 3. The van der Waals surface area contributed by atoms with E-state index in [9.17, 15) is 0 Å². The number of hydrogen-bond donors (Lipinski definition) is 1. The molecule has 1 unspecified atom stereocenters. The molecule has 4 nitrogen and oxygen atoms in total. The van der Waals surface area contributed by atoms with Crippen LogP contribution in [-0.2, 0) is 13.0 Å². The Morgan fingerprint density at radius 3 is 2.71 bits per heavy atom. The molecule has 1 aromatic rings. The zero-order valence-electron chi connectivity index (χ0n) is 11.6. The Morgan fingerprint density at radius 2 is 2.06 bits per heavy atom. The number of nitrogens with one attached hydrogen (secondary N) is 1. The molecule has 0 spiro atoms. The summed E-state index contributed by atoms with van der Waals surface area (Å²) in [6, 6.07) is 0. The number of rotatable bonds is 8. The summed E-state index contributed by atoms with van der Waals surface area (Å²) in [5.41, 5.74) is 0. The Kier molecular flexibility index (Phi) is 6.19. The van der Waals surface area contributed by atoms with E-state index < -0.39 is 0 Å². The van der Waals surface area contributed by atoms with Crippen molar-refractivity contribution in [3.8, 4) is 0 Å². The zero-order chi connectivity index (χ0) is 12.7. The van der Waals surface area contributed by atoms with Crippen molar-refractivity contribution in [2.45, 2.75) is 47.1 Å². The molecule has 4 heteroatoms. The van der Waals surface area contributed by atoms with E-state index in [-0.39, 0.29) is 0 Å². The fourth-order valence-electron chi connectivity index (χ4n) is 1.84. The first-order valence-corrected chi connectivity index (χ1v) is 6.70. The predicted molar refractivity (Wildman–Crippen MR) is 70.9 cm³/mol. The van der Waals surface area contributed by atoms with E-state index in [0.717, 1.165) is 37.8 Å².